The first-order valence-corrected chi connectivity index (χ1v) is 14.0. The lowest BCUT2D eigenvalue weighted by Crippen LogP contribution is -2.51. The number of ether oxygens (including phenoxy) is 1. The summed E-state index contributed by atoms with van der Waals surface area (Å²) in [6.45, 7) is 7.69. The van der Waals surface area contributed by atoms with E-state index in [4.69, 9.17) is 21.3 Å². The lowest BCUT2D eigenvalue weighted by molar-refractivity contribution is -0.119. The lowest BCUT2D eigenvalue weighted by Gasteiger charge is -2.36. The van der Waals surface area contributed by atoms with Gasteiger partial charge in [-0.15, -0.1) is 0 Å². The van der Waals surface area contributed by atoms with Gasteiger partial charge >= 0.3 is 0 Å². The van der Waals surface area contributed by atoms with E-state index in [1.807, 2.05) is 56.5 Å². The van der Waals surface area contributed by atoms with Crippen molar-refractivity contribution in [2.45, 2.75) is 39.3 Å². The minimum atomic E-state index is -1.59. The maximum Gasteiger partial charge on any atom is 0.280 e. The third-order valence-electron chi connectivity index (χ3n) is 8.06. The number of hydrogen-bond acceptors (Lipinski definition) is 5. The van der Waals surface area contributed by atoms with E-state index in [-0.39, 0.29) is 17.6 Å². The number of hydrogen-bond donors (Lipinski definition) is 1. The predicted octanol–water partition coefficient (Wildman–Crippen LogP) is 6.47. The average molecular weight is 588 g/mol. The number of imidazole rings is 1. The number of anilines is 3. The van der Waals surface area contributed by atoms with Crippen LogP contribution in [0.2, 0.25) is 5.02 Å². The van der Waals surface area contributed by atoms with Crippen molar-refractivity contribution in [3.8, 4) is 17.1 Å². The highest BCUT2D eigenvalue weighted by atomic mass is 35.5. The number of nitrogens with one attached hydrogen (secondary N) is 1. The Hall–Kier alpha value is -4.37. The smallest absolute Gasteiger partial charge is 0.280 e. The Morgan fingerprint density at radius 1 is 1.07 bits per heavy atom. The molecular formula is C32H31ClFN5O3. The molecule has 0 aliphatic carbocycles. The maximum atomic E-state index is 15.4. The molecule has 4 aromatic rings. The molecule has 0 saturated heterocycles. The highest BCUT2D eigenvalue weighted by Gasteiger charge is 2.64. The van der Waals surface area contributed by atoms with Crippen molar-refractivity contribution in [2.75, 3.05) is 36.3 Å². The van der Waals surface area contributed by atoms with Crippen LogP contribution in [-0.4, -0.2) is 42.6 Å². The molecule has 42 heavy (non-hydrogen) atoms. The Labute approximate surface area is 248 Å². The molecule has 2 aliphatic heterocycles. The molecule has 3 aromatic carbocycles. The SMILES string of the molecule is COc1cc(N(C)C)c(F)cc1-c1nc2c(n1C(C)C)C1(C(=O)Nc3cc(C)ccc31)N(c1cc(Cl)ccc1C)C2=O. The second-order valence-electron chi connectivity index (χ2n) is 11.3. The highest BCUT2D eigenvalue weighted by Crippen LogP contribution is 2.55. The topological polar surface area (TPSA) is 79.7 Å². The number of nitrogens with zero attached hydrogens (tertiary/aromatic N) is 4. The van der Waals surface area contributed by atoms with E-state index in [1.54, 1.807) is 37.2 Å². The van der Waals surface area contributed by atoms with Crippen molar-refractivity contribution >= 4 is 40.5 Å². The molecule has 0 bridgehead atoms. The Balaban J connectivity index is 1.73. The fourth-order valence-electron chi connectivity index (χ4n) is 6.20. The van der Waals surface area contributed by atoms with Gasteiger partial charge in [0.25, 0.3) is 11.8 Å². The largest absolute Gasteiger partial charge is 0.496 e. The summed E-state index contributed by atoms with van der Waals surface area (Å²) in [7, 11) is 4.99. The number of aromatic nitrogens is 2. The molecule has 216 valence electrons. The zero-order valence-electron chi connectivity index (χ0n) is 24.5. The number of fused-ring (bicyclic) bond motifs is 4. The van der Waals surface area contributed by atoms with Crippen LogP contribution in [0.25, 0.3) is 11.4 Å². The summed E-state index contributed by atoms with van der Waals surface area (Å²) in [6.07, 6.45) is 0. The molecule has 0 fully saturated rings. The van der Waals surface area contributed by atoms with Crippen molar-refractivity contribution < 1.29 is 18.7 Å². The Bertz CT molecular complexity index is 1810. The second kappa shape index (κ2) is 9.59. The van der Waals surface area contributed by atoms with Gasteiger partial charge < -0.3 is 19.5 Å². The number of carbonyl (C=O) groups excluding carboxylic acids is 2. The summed E-state index contributed by atoms with van der Waals surface area (Å²) in [5.41, 5.74) is 3.13. The number of carbonyl (C=O) groups is 2. The van der Waals surface area contributed by atoms with Crippen molar-refractivity contribution in [3.63, 3.8) is 0 Å². The Morgan fingerprint density at radius 2 is 1.81 bits per heavy atom. The molecule has 2 amide bonds. The van der Waals surface area contributed by atoms with Crippen LogP contribution in [0.15, 0.2) is 48.5 Å². The van der Waals surface area contributed by atoms with Gasteiger partial charge in [-0.25, -0.2) is 9.37 Å². The highest BCUT2D eigenvalue weighted by molar-refractivity contribution is 6.31. The van der Waals surface area contributed by atoms with Crippen molar-refractivity contribution in [1.29, 1.82) is 0 Å². The van der Waals surface area contributed by atoms with Gasteiger partial charge in [0.15, 0.2) is 11.2 Å². The summed E-state index contributed by atoms with van der Waals surface area (Å²) in [4.78, 5) is 37.0. The summed E-state index contributed by atoms with van der Waals surface area (Å²) >= 11 is 6.44. The molecular weight excluding hydrogens is 557 g/mol. The molecule has 3 heterocycles. The first kappa shape index (κ1) is 27.8. The van der Waals surface area contributed by atoms with Crippen molar-refractivity contribution in [3.05, 3.63) is 87.4 Å². The first-order valence-electron chi connectivity index (χ1n) is 13.6. The van der Waals surface area contributed by atoms with E-state index in [2.05, 4.69) is 5.32 Å². The Morgan fingerprint density at radius 3 is 2.48 bits per heavy atom. The number of halogens is 2. The summed E-state index contributed by atoms with van der Waals surface area (Å²) in [6, 6.07) is 13.6. The molecule has 0 saturated carbocycles. The number of aryl methyl sites for hydroxylation is 2. The molecule has 0 radical (unpaired) electrons. The van der Waals surface area contributed by atoms with Crippen molar-refractivity contribution in [2.24, 2.45) is 0 Å². The fraction of sp³-hybridized carbons (Fsp3) is 0.281. The van der Waals surface area contributed by atoms with E-state index in [0.717, 1.165) is 11.1 Å². The van der Waals surface area contributed by atoms with Crippen LogP contribution in [-0.2, 0) is 10.3 Å². The third-order valence-corrected chi connectivity index (χ3v) is 8.29. The van der Waals surface area contributed by atoms with E-state index in [9.17, 15) is 9.59 Å². The zero-order chi connectivity index (χ0) is 30.2. The van der Waals surface area contributed by atoms with Gasteiger partial charge in [0.05, 0.1) is 29.7 Å². The van der Waals surface area contributed by atoms with Gasteiger partial charge in [-0.05, 0) is 63.1 Å². The molecule has 1 spiro atoms. The quantitative estimate of drug-likeness (QED) is 0.289. The van der Waals surface area contributed by atoms with Crippen LogP contribution in [0.5, 0.6) is 5.75 Å². The van der Waals surface area contributed by atoms with E-state index >= 15 is 4.39 Å². The molecule has 6 rings (SSSR count). The molecule has 10 heteroatoms. The molecule has 1 atom stereocenters. The van der Waals surface area contributed by atoms with Crippen LogP contribution >= 0.6 is 11.6 Å². The third kappa shape index (κ3) is 3.69. The summed E-state index contributed by atoms with van der Waals surface area (Å²) in [5, 5.41) is 3.47. The number of benzene rings is 3. The lowest BCUT2D eigenvalue weighted by atomic mass is 9.86. The minimum absolute atomic E-state index is 0.112. The van der Waals surface area contributed by atoms with Gasteiger partial charge in [-0.3, -0.25) is 14.5 Å². The van der Waals surface area contributed by atoms with Gasteiger partial charge in [0.1, 0.15) is 17.4 Å². The maximum absolute atomic E-state index is 15.4. The fourth-order valence-corrected chi connectivity index (χ4v) is 6.36. The molecule has 1 N–H and O–H groups in total. The monoisotopic (exact) mass is 587 g/mol. The Kier molecular flexibility index (Phi) is 6.34. The summed E-state index contributed by atoms with van der Waals surface area (Å²) < 4.78 is 22.9. The number of rotatable bonds is 5. The minimum Gasteiger partial charge on any atom is -0.496 e. The van der Waals surface area contributed by atoms with E-state index < -0.39 is 17.3 Å². The normalized spacial score (nSPS) is 17.2. The first-order chi connectivity index (χ1) is 19.9. The van der Waals surface area contributed by atoms with Crippen LogP contribution in [0.4, 0.5) is 21.5 Å². The zero-order valence-corrected chi connectivity index (χ0v) is 25.2. The van der Waals surface area contributed by atoms with Crippen LogP contribution in [0.3, 0.4) is 0 Å². The second-order valence-corrected chi connectivity index (χ2v) is 11.7. The molecule has 2 aliphatic rings. The summed E-state index contributed by atoms with van der Waals surface area (Å²) in [5.74, 6) is -0.583. The van der Waals surface area contributed by atoms with Gasteiger partial charge in [-0.1, -0.05) is 29.8 Å². The van der Waals surface area contributed by atoms with Crippen LogP contribution in [0.1, 0.15) is 52.8 Å². The van der Waals surface area contributed by atoms with E-state index in [1.165, 1.54) is 18.1 Å². The molecule has 1 aromatic heterocycles. The number of amides is 2. The van der Waals surface area contributed by atoms with Crippen molar-refractivity contribution in [1.82, 2.24) is 9.55 Å². The molecule has 1 unspecified atom stereocenters. The van der Waals surface area contributed by atoms with Gasteiger partial charge in [0, 0.05) is 42.5 Å². The van der Waals surface area contributed by atoms with Gasteiger partial charge in [0.2, 0.25) is 0 Å². The average Bonchev–Trinajstić information content (AvgIpc) is 3.53. The molecule has 8 nitrogen and oxygen atoms in total. The predicted molar refractivity (Wildman–Crippen MR) is 162 cm³/mol. The van der Waals surface area contributed by atoms with Crippen LogP contribution in [0, 0.1) is 19.7 Å². The number of methoxy groups -OCH3 is 1. The standard InChI is InChI=1S/C32H31ClFN5O3/c1-16(2)38-28-27(36-29(38)20-14-22(34)25(37(5)6)15-26(20)42-7)30(40)39(24-13-19(33)10-9-18(24)4)32(28)21-11-8-17(3)12-23(21)35-31(32)41/h8-16H,1-7H3,(H,35,41). The van der Waals surface area contributed by atoms with Crippen LogP contribution < -0.4 is 19.9 Å². The van der Waals surface area contributed by atoms with Gasteiger partial charge in [-0.2, -0.15) is 0 Å². The van der Waals surface area contributed by atoms with E-state index in [0.29, 0.717) is 50.5 Å².